The molecule has 0 unspecified atom stereocenters. The summed E-state index contributed by atoms with van der Waals surface area (Å²) in [6, 6.07) is 8.48. The Morgan fingerprint density at radius 1 is 1.33 bits per heavy atom. The molecule has 2 N–H and O–H groups in total. The molecule has 0 amide bonds. The molecule has 18 heavy (non-hydrogen) atoms. The van der Waals surface area contributed by atoms with Crippen molar-refractivity contribution in [2.24, 2.45) is 0 Å². The third-order valence-corrected chi connectivity index (χ3v) is 3.91. The highest BCUT2D eigenvalue weighted by Gasteiger charge is 2.13. The number of fused-ring (bicyclic) bond motifs is 1. The summed E-state index contributed by atoms with van der Waals surface area (Å²) in [4.78, 5) is 5.16. The fourth-order valence-electron chi connectivity index (χ4n) is 1.91. The first kappa shape index (κ1) is 11.5. The number of anilines is 1. The van der Waals surface area contributed by atoms with E-state index in [1.54, 1.807) is 16.7 Å². The molecular weight excluding hydrogens is 273 g/mol. The van der Waals surface area contributed by atoms with Gasteiger partial charge in [0.1, 0.15) is 11.3 Å². The third-order valence-electron chi connectivity index (χ3n) is 2.69. The van der Waals surface area contributed by atoms with Gasteiger partial charge in [-0.3, -0.25) is 0 Å². The van der Waals surface area contributed by atoms with Gasteiger partial charge in [0.2, 0.25) is 5.95 Å². The molecule has 6 heteroatoms. The SMILES string of the molecule is Nc1nc2cccc(F)c2n1Cc1ccc(Cl)s1. The van der Waals surface area contributed by atoms with E-state index < -0.39 is 0 Å². The van der Waals surface area contributed by atoms with Gasteiger partial charge in [-0.05, 0) is 24.3 Å². The quantitative estimate of drug-likeness (QED) is 0.781. The number of aromatic nitrogens is 2. The summed E-state index contributed by atoms with van der Waals surface area (Å²) in [5.74, 6) is -0.0148. The van der Waals surface area contributed by atoms with Crippen LogP contribution in [0.2, 0.25) is 4.34 Å². The zero-order valence-corrected chi connectivity index (χ0v) is 10.8. The van der Waals surface area contributed by atoms with Gasteiger partial charge in [0, 0.05) is 4.88 Å². The first-order chi connectivity index (χ1) is 8.65. The molecule has 2 heterocycles. The summed E-state index contributed by atoms with van der Waals surface area (Å²) in [7, 11) is 0. The van der Waals surface area contributed by atoms with E-state index in [9.17, 15) is 4.39 Å². The number of rotatable bonds is 2. The van der Waals surface area contributed by atoms with E-state index in [2.05, 4.69) is 4.98 Å². The van der Waals surface area contributed by atoms with Gasteiger partial charge < -0.3 is 10.3 Å². The summed E-state index contributed by atoms with van der Waals surface area (Å²) in [5, 5.41) is 0. The Labute approximate surface area is 112 Å². The minimum atomic E-state index is -0.320. The maximum absolute atomic E-state index is 13.8. The Hall–Kier alpha value is -1.59. The number of nitrogen functional groups attached to an aromatic ring is 1. The van der Waals surface area contributed by atoms with Gasteiger partial charge in [-0.15, -0.1) is 11.3 Å². The predicted octanol–water partition coefficient (Wildman–Crippen LogP) is 3.52. The molecule has 0 atom stereocenters. The van der Waals surface area contributed by atoms with Crippen molar-refractivity contribution in [3.63, 3.8) is 0 Å². The lowest BCUT2D eigenvalue weighted by atomic mass is 10.3. The van der Waals surface area contributed by atoms with E-state index in [1.807, 2.05) is 12.1 Å². The number of halogens is 2. The van der Waals surface area contributed by atoms with E-state index in [0.717, 1.165) is 4.88 Å². The summed E-state index contributed by atoms with van der Waals surface area (Å²) in [6.45, 7) is 0.473. The molecule has 0 bridgehead atoms. The van der Waals surface area contributed by atoms with Gasteiger partial charge in [-0.25, -0.2) is 9.37 Å². The summed E-state index contributed by atoms with van der Waals surface area (Å²) < 4.78 is 16.2. The second-order valence-corrected chi connectivity index (χ2v) is 5.67. The lowest BCUT2D eigenvalue weighted by Crippen LogP contribution is -2.04. The zero-order chi connectivity index (χ0) is 12.7. The van der Waals surface area contributed by atoms with E-state index >= 15 is 0 Å². The molecule has 0 saturated heterocycles. The van der Waals surface area contributed by atoms with Crippen LogP contribution in [-0.4, -0.2) is 9.55 Å². The Bertz CT molecular complexity index is 719. The number of hydrogen-bond acceptors (Lipinski definition) is 3. The molecule has 3 nitrogen and oxygen atoms in total. The topological polar surface area (TPSA) is 43.8 Å². The number of para-hydroxylation sites is 1. The Kier molecular flexibility index (Phi) is 2.72. The van der Waals surface area contributed by atoms with Crippen molar-refractivity contribution in [1.82, 2.24) is 9.55 Å². The standard InChI is InChI=1S/C12H9ClFN3S/c13-10-5-4-7(18-10)6-17-11-8(14)2-1-3-9(11)16-12(17)15/h1-5H,6H2,(H2,15,16). The molecule has 0 aliphatic carbocycles. The fraction of sp³-hybridized carbons (Fsp3) is 0.0833. The van der Waals surface area contributed by atoms with Crippen molar-refractivity contribution in [1.29, 1.82) is 0 Å². The molecule has 3 rings (SSSR count). The van der Waals surface area contributed by atoms with Crippen molar-refractivity contribution in [3.05, 3.63) is 45.4 Å². The zero-order valence-electron chi connectivity index (χ0n) is 9.23. The lowest BCUT2D eigenvalue weighted by molar-refractivity contribution is 0.629. The largest absolute Gasteiger partial charge is 0.369 e. The highest BCUT2D eigenvalue weighted by molar-refractivity contribution is 7.16. The van der Waals surface area contributed by atoms with Crippen LogP contribution in [0, 0.1) is 5.82 Å². The van der Waals surface area contributed by atoms with E-state index in [-0.39, 0.29) is 5.82 Å². The van der Waals surface area contributed by atoms with Crippen LogP contribution in [0.4, 0.5) is 10.3 Å². The molecule has 0 aliphatic heterocycles. The van der Waals surface area contributed by atoms with E-state index in [0.29, 0.717) is 27.9 Å². The van der Waals surface area contributed by atoms with Crippen molar-refractivity contribution in [2.75, 3.05) is 5.73 Å². The average Bonchev–Trinajstić information content (AvgIpc) is 2.85. The third kappa shape index (κ3) is 1.85. The van der Waals surface area contributed by atoms with Crippen LogP contribution in [0.25, 0.3) is 11.0 Å². The second-order valence-electron chi connectivity index (χ2n) is 3.87. The highest BCUT2D eigenvalue weighted by Crippen LogP contribution is 2.26. The maximum Gasteiger partial charge on any atom is 0.201 e. The predicted molar refractivity (Wildman–Crippen MR) is 72.5 cm³/mol. The number of thiophene rings is 1. The van der Waals surface area contributed by atoms with Crippen LogP contribution in [0.3, 0.4) is 0 Å². The highest BCUT2D eigenvalue weighted by atomic mass is 35.5. The first-order valence-electron chi connectivity index (χ1n) is 5.29. The minimum absolute atomic E-state index is 0.305. The number of nitrogens with two attached hydrogens (primary N) is 1. The Balaban J connectivity index is 2.13. The van der Waals surface area contributed by atoms with Gasteiger partial charge in [0.05, 0.1) is 16.4 Å². The average molecular weight is 282 g/mol. The van der Waals surface area contributed by atoms with Crippen molar-refractivity contribution < 1.29 is 4.39 Å². The molecule has 2 aromatic heterocycles. The lowest BCUT2D eigenvalue weighted by Gasteiger charge is -2.04. The van der Waals surface area contributed by atoms with Crippen LogP contribution >= 0.6 is 22.9 Å². The van der Waals surface area contributed by atoms with Crippen LogP contribution in [0.5, 0.6) is 0 Å². The number of nitrogens with zero attached hydrogens (tertiary/aromatic N) is 2. The molecule has 3 aromatic rings. The van der Waals surface area contributed by atoms with Crippen molar-refractivity contribution in [2.45, 2.75) is 6.54 Å². The maximum atomic E-state index is 13.8. The van der Waals surface area contributed by atoms with Gasteiger partial charge >= 0.3 is 0 Å². The summed E-state index contributed by atoms with van der Waals surface area (Å²) in [6.07, 6.45) is 0. The van der Waals surface area contributed by atoms with Gasteiger partial charge in [0.25, 0.3) is 0 Å². The minimum Gasteiger partial charge on any atom is -0.369 e. The van der Waals surface area contributed by atoms with Crippen LogP contribution in [0.15, 0.2) is 30.3 Å². The number of imidazole rings is 1. The fourth-order valence-corrected chi connectivity index (χ4v) is 2.99. The molecule has 0 radical (unpaired) electrons. The van der Waals surface area contributed by atoms with E-state index in [1.165, 1.54) is 17.4 Å². The number of benzene rings is 1. The molecular formula is C12H9ClFN3S. The van der Waals surface area contributed by atoms with Gasteiger partial charge in [0.15, 0.2) is 0 Å². The summed E-state index contributed by atoms with van der Waals surface area (Å²) >= 11 is 7.33. The molecule has 1 aromatic carbocycles. The molecule has 92 valence electrons. The monoisotopic (exact) mass is 281 g/mol. The van der Waals surface area contributed by atoms with Crippen molar-refractivity contribution in [3.8, 4) is 0 Å². The Morgan fingerprint density at radius 2 is 2.17 bits per heavy atom. The van der Waals surface area contributed by atoms with Crippen LogP contribution in [-0.2, 0) is 6.54 Å². The van der Waals surface area contributed by atoms with Crippen LogP contribution in [0.1, 0.15) is 4.88 Å². The van der Waals surface area contributed by atoms with Gasteiger partial charge in [-0.2, -0.15) is 0 Å². The number of hydrogen-bond donors (Lipinski definition) is 1. The molecule has 0 aliphatic rings. The molecule has 0 spiro atoms. The first-order valence-corrected chi connectivity index (χ1v) is 6.49. The normalized spacial score (nSPS) is 11.2. The summed E-state index contributed by atoms with van der Waals surface area (Å²) in [5.41, 5.74) is 6.83. The Morgan fingerprint density at radius 3 is 2.89 bits per heavy atom. The second kappa shape index (κ2) is 4.26. The van der Waals surface area contributed by atoms with E-state index in [4.69, 9.17) is 17.3 Å². The molecule has 0 fully saturated rings. The molecule has 0 saturated carbocycles. The van der Waals surface area contributed by atoms with Gasteiger partial charge in [-0.1, -0.05) is 17.7 Å². The van der Waals surface area contributed by atoms with Crippen molar-refractivity contribution >= 4 is 39.9 Å². The smallest absolute Gasteiger partial charge is 0.201 e. The van der Waals surface area contributed by atoms with Crippen LogP contribution < -0.4 is 5.73 Å².